The Hall–Kier alpha value is -2.42. The molecule has 0 bridgehead atoms. The van der Waals surface area contributed by atoms with Crippen molar-refractivity contribution in [3.05, 3.63) is 70.8 Å². The fourth-order valence-electron chi connectivity index (χ4n) is 3.40. The van der Waals surface area contributed by atoms with E-state index in [1.165, 1.54) is 56.9 Å². The fourth-order valence-corrected chi connectivity index (χ4v) is 3.40. The Labute approximate surface area is 168 Å². The zero-order valence-corrected chi connectivity index (χ0v) is 17.0. The van der Waals surface area contributed by atoms with Crippen molar-refractivity contribution in [1.82, 2.24) is 0 Å². The maximum atomic E-state index is 12.6. The molecule has 0 aliphatic rings. The predicted octanol–water partition coefficient (Wildman–Crippen LogP) is 6.23. The van der Waals surface area contributed by atoms with Gasteiger partial charge in [-0.15, -0.1) is 0 Å². The molecule has 2 aromatic rings. The van der Waals surface area contributed by atoms with Crippen LogP contribution in [0.2, 0.25) is 0 Å². The lowest BCUT2D eigenvalue weighted by Crippen LogP contribution is -2.03. The third-order valence-corrected chi connectivity index (χ3v) is 5.11. The highest BCUT2D eigenvalue weighted by atomic mass is 16.4. The van der Waals surface area contributed by atoms with Crippen LogP contribution < -0.4 is 0 Å². The van der Waals surface area contributed by atoms with Gasteiger partial charge >= 0.3 is 5.97 Å². The van der Waals surface area contributed by atoms with Crippen LogP contribution in [0.4, 0.5) is 0 Å². The molecule has 0 aliphatic carbocycles. The van der Waals surface area contributed by atoms with Crippen molar-refractivity contribution in [3.8, 4) is 0 Å². The number of benzene rings is 2. The van der Waals surface area contributed by atoms with Gasteiger partial charge in [-0.1, -0.05) is 100 Å². The number of carboxylic acid groups (broad SMARTS) is 1. The largest absolute Gasteiger partial charge is 0.481 e. The molecule has 0 amide bonds. The molecular weight excluding hydrogens is 348 g/mol. The van der Waals surface area contributed by atoms with E-state index in [2.05, 4.69) is 6.92 Å². The van der Waals surface area contributed by atoms with E-state index in [1.807, 2.05) is 24.3 Å². The molecule has 1 N–H and O–H groups in total. The molecule has 0 atom stereocenters. The molecule has 0 saturated carbocycles. The minimum atomic E-state index is -0.869. The number of carbonyl (C=O) groups is 2. The monoisotopic (exact) mass is 380 g/mol. The molecule has 2 rings (SSSR count). The van der Waals surface area contributed by atoms with Gasteiger partial charge < -0.3 is 5.11 Å². The number of ketones is 1. The summed E-state index contributed by atoms with van der Waals surface area (Å²) in [5, 5.41) is 8.82. The third-order valence-electron chi connectivity index (χ3n) is 5.11. The Kier molecular flexibility index (Phi) is 9.47. The maximum Gasteiger partial charge on any atom is 0.307 e. The maximum absolute atomic E-state index is 12.6. The van der Waals surface area contributed by atoms with E-state index in [-0.39, 0.29) is 12.2 Å². The second kappa shape index (κ2) is 12.1. The van der Waals surface area contributed by atoms with Gasteiger partial charge in [0, 0.05) is 11.1 Å². The van der Waals surface area contributed by atoms with Crippen molar-refractivity contribution in [1.29, 1.82) is 0 Å². The van der Waals surface area contributed by atoms with E-state index < -0.39 is 5.97 Å². The number of aliphatic carboxylic acids is 1. The fraction of sp³-hybridized carbons (Fsp3) is 0.440. The van der Waals surface area contributed by atoms with E-state index in [4.69, 9.17) is 5.11 Å². The van der Waals surface area contributed by atoms with Gasteiger partial charge in [-0.3, -0.25) is 9.59 Å². The summed E-state index contributed by atoms with van der Waals surface area (Å²) in [5.41, 5.74) is 3.24. The normalized spacial score (nSPS) is 10.8. The molecule has 2 aromatic carbocycles. The van der Waals surface area contributed by atoms with Crippen LogP contribution >= 0.6 is 0 Å². The molecule has 3 nitrogen and oxygen atoms in total. The highest BCUT2D eigenvalue weighted by Crippen LogP contribution is 2.15. The Morgan fingerprint density at radius 3 is 1.64 bits per heavy atom. The smallest absolute Gasteiger partial charge is 0.307 e. The van der Waals surface area contributed by atoms with Crippen LogP contribution in [0.1, 0.15) is 85.3 Å². The summed E-state index contributed by atoms with van der Waals surface area (Å²) in [5.74, 6) is -0.897. The average Bonchev–Trinajstić information content (AvgIpc) is 2.70. The average molecular weight is 381 g/mol. The molecule has 28 heavy (non-hydrogen) atoms. The van der Waals surface area contributed by atoms with Gasteiger partial charge in [-0.25, -0.2) is 0 Å². The predicted molar refractivity (Wildman–Crippen MR) is 114 cm³/mol. The SMILES string of the molecule is CCCCCCCCCCc1ccc(C(=O)c2ccc(CC(=O)O)cc2)cc1. The van der Waals surface area contributed by atoms with E-state index in [9.17, 15) is 9.59 Å². The van der Waals surface area contributed by atoms with Crippen molar-refractivity contribution in [2.45, 2.75) is 71.1 Å². The van der Waals surface area contributed by atoms with E-state index in [0.717, 1.165) is 6.42 Å². The molecule has 0 aliphatic heterocycles. The highest BCUT2D eigenvalue weighted by Gasteiger charge is 2.09. The van der Waals surface area contributed by atoms with Gasteiger partial charge in [0.15, 0.2) is 5.78 Å². The van der Waals surface area contributed by atoms with Crippen molar-refractivity contribution in [3.63, 3.8) is 0 Å². The summed E-state index contributed by atoms with van der Waals surface area (Å²) in [6.45, 7) is 2.25. The van der Waals surface area contributed by atoms with Crippen LogP contribution in [0.25, 0.3) is 0 Å². The highest BCUT2D eigenvalue weighted by molar-refractivity contribution is 6.09. The van der Waals surface area contributed by atoms with Crippen LogP contribution in [0, 0.1) is 0 Å². The minimum absolute atomic E-state index is 0.0259. The van der Waals surface area contributed by atoms with Gasteiger partial charge in [0.25, 0.3) is 0 Å². The third kappa shape index (κ3) is 7.67. The van der Waals surface area contributed by atoms with E-state index in [1.54, 1.807) is 24.3 Å². The molecule has 0 spiro atoms. The summed E-state index contributed by atoms with van der Waals surface area (Å²) >= 11 is 0. The summed E-state index contributed by atoms with van der Waals surface area (Å²) in [6, 6.07) is 14.7. The lowest BCUT2D eigenvalue weighted by Gasteiger charge is -2.06. The lowest BCUT2D eigenvalue weighted by molar-refractivity contribution is -0.136. The van der Waals surface area contributed by atoms with Crippen LogP contribution in [0.3, 0.4) is 0 Å². The van der Waals surface area contributed by atoms with Crippen LogP contribution in [0.15, 0.2) is 48.5 Å². The Bertz CT molecular complexity index is 729. The van der Waals surface area contributed by atoms with Gasteiger partial charge in [0.1, 0.15) is 0 Å². The number of carboxylic acids is 1. The molecule has 0 radical (unpaired) electrons. The van der Waals surface area contributed by atoms with Gasteiger partial charge in [-0.2, -0.15) is 0 Å². The lowest BCUT2D eigenvalue weighted by atomic mass is 9.98. The second-order valence-corrected chi connectivity index (χ2v) is 7.52. The molecule has 0 fully saturated rings. The standard InChI is InChI=1S/C25H32O3/c1-2-3-4-5-6-7-8-9-10-20-11-15-22(16-12-20)25(28)23-17-13-21(14-18-23)19-24(26)27/h11-18H,2-10,19H2,1H3,(H,26,27). The quantitative estimate of drug-likeness (QED) is 0.331. The zero-order chi connectivity index (χ0) is 20.2. The van der Waals surface area contributed by atoms with E-state index in [0.29, 0.717) is 16.7 Å². The number of hydrogen-bond acceptors (Lipinski definition) is 2. The molecular formula is C25H32O3. The van der Waals surface area contributed by atoms with Crippen molar-refractivity contribution >= 4 is 11.8 Å². The van der Waals surface area contributed by atoms with Crippen molar-refractivity contribution in [2.75, 3.05) is 0 Å². The summed E-state index contributed by atoms with van der Waals surface area (Å²) in [6.07, 6.45) is 11.6. The Balaban J connectivity index is 1.77. The molecule has 3 heteroatoms. The molecule has 0 aromatic heterocycles. The number of hydrogen-bond donors (Lipinski definition) is 1. The summed E-state index contributed by atoms with van der Waals surface area (Å²) in [7, 11) is 0. The zero-order valence-electron chi connectivity index (χ0n) is 17.0. The first-order chi connectivity index (χ1) is 13.6. The molecule has 0 heterocycles. The second-order valence-electron chi connectivity index (χ2n) is 7.52. The topological polar surface area (TPSA) is 54.4 Å². The molecule has 150 valence electrons. The first-order valence-corrected chi connectivity index (χ1v) is 10.5. The number of aryl methyl sites for hydroxylation is 1. The van der Waals surface area contributed by atoms with Gasteiger partial charge in [0.2, 0.25) is 0 Å². The Morgan fingerprint density at radius 1 is 0.679 bits per heavy atom. The first-order valence-electron chi connectivity index (χ1n) is 10.5. The minimum Gasteiger partial charge on any atom is -0.481 e. The number of unbranched alkanes of at least 4 members (excludes halogenated alkanes) is 7. The molecule has 0 saturated heterocycles. The molecule has 0 unspecified atom stereocenters. The number of carbonyl (C=O) groups excluding carboxylic acids is 1. The van der Waals surface area contributed by atoms with Crippen molar-refractivity contribution in [2.24, 2.45) is 0 Å². The van der Waals surface area contributed by atoms with Gasteiger partial charge in [-0.05, 0) is 24.0 Å². The summed E-state index contributed by atoms with van der Waals surface area (Å²) in [4.78, 5) is 23.3. The number of rotatable bonds is 13. The van der Waals surface area contributed by atoms with Crippen LogP contribution in [-0.4, -0.2) is 16.9 Å². The Morgan fingerprint density at radius 2 is 1.14 bits per heavy atom. The van der Waals surface area contributed by atoms with Crippen molar-refractivity contribution < 1.29 is 14.7 Å². The van der Waals surface area contributed by atoms with Crippen LogP contribution in [0.5, 0.6) is 0 Å². The van der Waals surface area contributed by atoms with Crippen LogP contribution in [-0.2, 0) is 17.6 Å². The van der Waals surface area contributed by atoms with E-state index >= 15 is 0 Å². The first kappa shape index (κ1) is 21.9. The summed E-state index contributed by atoms with van der Waals surface area (Å²) < 4.78 is 0. The van der Waals surface area contributed by atoms with Gasteiger partial charge in [0.05, 0.1) is 6.42 Å².